The lowest BCUT2D eigenvalue weighted by Gasteiger charge is -2.18. The minimum absolute atomic E-state index is 0.294. The van der Waals surface area contributed by atoms with E-state index >= 15 is 0 Å². The normalized spacial score (nSPS) is 11.5. The first-order chi connectivity index (χ1) is 11.0. The molecule has 0 radical (unpaired) electrons. The van der Waals surface area contributed by atoms with Crippen LogP contribution in [0.5, 0.6) is 5.75 Å². The Morgan fingerprint density at radius 3 is 2.57 bits per heavy atom. The van der Waals surface area contributed by atoms with Crippen molar-refractivity contribution in [1.82, 2.24) is 5.32 Å². The molecular weight excluding hydrogens is 296 g/mol. The van der Waals surface area contributed by atoms with Crippen LogP contribution in [0.2, 0.25) is 0 Å². The fourth-order valence-electron chi connectivity index (χ4n) is 2.12. The predicted octanol–water partition coefficient (Wildman–Crippen LogP) is 3.25. The fourth-order valence-corrected chi connectivity index (χ4v) is 2.12. The van der Waals surface area contributed by atoms with Gasteiger partial charge in [-0.05, 0) is 44.0 Å². The zero-order chi connectivity index (χ0) is 17.2. The van der Waals surface area contributed by atoms with Crippen LogP contribution in [0.25, 0.3) is 0 Å². The first-order valence-electron chi connectivity index (χ1n) is 7.90. The lowest BCUT2D eigenvalue weighted by molar-refractivity contribution is -0.145. The predicted molar refractivity (Wildman–Crippen MR) is 89.8 cm³/mol. The number of urea groups is 1. The van der Waals surface area contributed by atoms with Crippen molar-refractivity contribution in [1.29, 1.82) is 0 Å². The summed E-state index contributed by atoms with van der Waals surface area (Å²) in [5, 5.41) is 5.44. The van der Waals surface area contributed by atoms with E-state index in [9.17, 15) is 9.59 Å². The van der Waals surface area contributed by atoms with Crippen molar-refractivity contribution in [3.8, 4) is 5.75 Å². The summed E-state index contributed by atoms with van der Waals surface area (Å²) in [6.45, 7) is 5.94. The highest BCUT2D eigenvalue weighted by molar-refractivity contribution is 5.93. The molecule has 0 spiro atoms. The number of rotatable bonds is 8. The summed E-state index contributed by atoms with van der Waals surface area (Å²) in [5.41, 5.74) is 1.54. The number of amides is 2. The SMILES string of the molecule is CCCCC(NC(=O)Nc1ccc(OC)cc1C)C(=O)OCC. The summed E-state index contributed by atoms with van der Waals surface area (Å²) in [6.07, 6.45) is 2.34. The van der Waals surface area contributed by atoms with E-state index in [0.717, 1.165) is 24.2 Å². The number of carbonyl (C=O) groups is 2. The number of anilines is 1. The average molecular weight is 322 g/mol. The Morgan fingerprint density at radius 1 is 1.26 bits per heavy atom. The quantitative estimate of drug-likeness (QED) is 0.720. The molecule has 2 amide bonds. The van der Waals surface area contributed by atoms with Crippen LogP contribution in [0.3, 0.4) is 0 Å². The van der Waals surface area contributed by atoms with Gasteiger partial charge in [0.25, 0.3) is 0 Å². The van der Waals surface area contributed by atoms with Gasteiger partial charge in [0, 0.05) is 5.69 Å². The number of carbonyl (C=O) groups excluding carboxylic acids is 2. The van der Waals surface area contributed by atoms with Gasteiger partial charge >= 0.3 is 12.0 Å². The Balaban J connectivity index is 2.69. The molecule has 1 rings (SSSR count). The number of methoxy groups -OCH3 is 1. The van der Waals surface area contributed by atoms with E-state index in [-0.39, 0.29) is 0 Å². The summed E-state index contributed by atoms with van der Waals surface area (Å²) >= 11 is 0. The zero-order valence-corrected chi connectivity index (χ0v) is 14.3. The number of ether oxygens (including phenoxy) is 2. The van der Waals surface area contributed by atoms with Gasteiger partial charge in [-0.3, -0.25) is 0 Å². The van der Waals surface area contributed by atoms with Gasteiger partial charge < -0.3 is 20.1 Å². The number of aryl methyl sites for hydroxylation is 1. The van der Waals surface area contributed by atoms with E-state index in [1.807, 2.05) is 19.9 Å². The Hall–Kier alpha value is -2.24. The maximum absolute atomic E-state index is 12.1. The first kappa shape index (κ1) is 18.8. The van der Waals surface area contributed by atoms with Crippen LogP contribution in [-0.4, -0.2) is 31.8 Å². The maximum atomic E-state index is 12.1. The third kappa shape index (κ3) is 6.18. The molecule has 2 N–H and O–H groups in total. The number of benzene rings is 1. The van der Waals surface area contributed by atoms with Crippen LogP contribution in [0, 0.1) is 6.92 Å². The fraction of sp³-hybridized carbons (Fsp3) is 0.529. The summed E-state index contributed by atoms with van der Waals surface area (Å²) in [5.74, 6) is 0.323. The summed E-state index contributed by atoms with van der Waals surface area (Å²) in [7, 11) is 1.59. The highest BCUT2D eigenvalue weighted by atomic mass is 16.5. The van der Waals surface area contributed by atoms with Gasteiger partial charge in [0.15, 0.2) is 0 Å². The van der Waals surface area contributed by atoms with Crippen molar-refractivity contribution in [3.05, 3.63) is 23.8 Å². The monoisotopic (exact) mass is 322 g/mol. The second-order valence-corrected chi connectivity index (χ2v) is 5.23. The highest BCUT2D eigenvalue weighted by Gasteiger charge is 2.21. The van der Waals surface area contributed by atoms with Crippen molar-refractivity contribution in [2.24, 2.45) is 0 Å². The van der Waals surface area contributed by atoms with Crippen LogP contribution in [0.1, 0.15) is 38.7 Å². The summed E-state index contributed by atoms with van der Waals surface area (Å²) < 4.78 is 10.1. The Bertz CT molecular complexity index is 531. The second kappa shape index (κ2) is 9.71. The summed E-state index contributed by atoms with van der Waals surface area (Å²) in [6, 6.07) is 4.30. The van der Waals surface area contributed by atoms with Crippen molar-refractivity contribution >= 4 is 17.7 Å². The lowest BCUT2D eigenvalue weighted by Crippen LogP contribution is -2.44. The first-order valence-corrected chi connectivity index (χ1v) is 7.90. The molecule has 0 heterocycles. The molecule has 0 bridgehead atoms. The number of unbranched alkanes of at least 4 members (excludes halogenated alkanes) is 1. The molecule has 6 heteroatoms. The van der Waals surface area contributed by atoms with Crippen LogP contribution in [0.4, 0.5) is 10.5 Å². The number of nitrogens with one attached hydrogen (secondary N) is 2. The number of hydrogen-bond acceptors (Lipinski definition) is 4. The van der Waals surface area contributed by atoms with E-state index in [1.54, 1.807) is 26.2 Å². The average Bonchev–Trinajstić information content (AvgIpc) is 2.53. The third-order valence-corrected chi connectivity index (χ3v) is 3.40. The van der Waals surface area contributed by atoms with E-state index in [0.29, 0.717) is 18.7 Å². The van der Waals surface area contributed by atoms with Crippen molar-refractivity contribution in [2.75, 3.05) is 19.0 Å². The van der Waals surface area contributed by atoms with E-state index in [4.69, 9.17) is 9.47 Å². The minimum Gasteiger partial charge on any atom is -0.497 e. The maximum Gasteiger partial charge on any atom is 0.328 e. The smallest absolute Gasteiger partial charge is 0.328 e. The molecule has 1 aromatic rings. The van der Waals surface area contributed by atoms with Gasteiger partial charge in [-0.1, -0.05) is 19.8 Å². The van der Waals surface area contributed by atoms with Gasteiger partial charge in [-0.2, -0.15) is 0 Å². The molecule has 0 aliphatic heterocycles. The molecule has 1 atom stereocenters. The van der Waals surface area contributed by atoms with Gasteiger partial charge in [-0.15, -0.1) is 0 Å². The van der Waals surface area contributed by atoms with E-state index < -0.39 is 18.0 Å². The zero-order valence-electron chi connectivity index (χ0n) is 14.3. The van der Waals surface area contributed by atoms with Crippen molar-refractivity contribution in [2.45, 2.75) is 46.1 Å². The van der Waals surface area contributed by atoms with Crippen LogP contribution < -0.4 is 15.4 Å². The molecule has 0 aromatic heterocycles. The van der Waals surface area contributed by atoms with E-state index in [1.165, 1.54) is 0 Å². The lowest BCUT2D eigenvalue weighted by atomic mass is 10.1. The van der Waals surface area contributed by atoms with Gasteiger partial charge in [0.05, 0.1) is 13.7 Å². The molecule has 0 fully saturated rings. The largest absolute Gasteiger partial charge is 0.497 e. The third-order valence-electron chi connectivity index (χ3n) is 3.40. The second-order valence-electron chi connectivity index (χ2n) is 5.23. The molecule has 128 valence electrons. The Labute approximate surface area is 137 Å². The molecule has 0 aliphatic carbocycles. The minimum atomic E-state index is -0.631. The molecule has 23 heavy (non-hydrogen) atoms. The highest BCUT2D eigenvalue weighted by Crippen LogP contribution is 2.20. The molecule has 6 nitrogen and oxygen atoms in total. The standard InChI is InChI=1S/C17H26N2O4/c1-5-7-8-15(16(20)23-6-2)19-17(21)18-14-10-9-13(22-4)11-12(14)3/h9-11,15H,5-8H2,1-4H3,(H2,18,19,21). The van der Waals surface area contributed by atoms with Crippen molar-refractivity contribution < 1.29 is 19.1 Å². The molecule has 1 unspecified atom stereocenters. The molecular formula is C17H26N2O4. The van der Waals surface area contributed by atoms with Crippen LogP contribution >= 0.6 is 0 Å². The van der Waals surface area contributed by atoms with Gasteiger partial charge in [-0.25, -0.2) is 9.59 Å². The summed E-state index contributed by atoms with van der Waals surface area (Å²) in [4.78, 5) is 24.0. The Kier molecular flexibility index (Phi) is 7.94. The van der Waals surface area contributed by atoms with Crippen LogP contribution in [-0.2, 0) is 9.53 Å². The number of hydrogen-bond donors (Lipinski definition) is 2. The van der Waals surface area contributed by atoms with Gasteiger partial charge in [0.1, 0.15) is 11.8 Å². The van der Waals surface area contributed by atoms with E-state index in [2.05, 4.69) is 10.6 Å². The molecule has 1 aromatic carbocycles. The molecule has 0 aliphatic rings. The number of esters is 1. The Morgan fingerprint density at radius 2 is 2.00 bits per heavy atom. The molecule has 0 saturated carbocycles. The topological polar surface area (TPSA) is 76.7 Å². The van der Waals surface area contributed by atoms with Crippen LogP contribution in [0.15, 0.2) is 18.2 Å². The van der Waals surface area contributed by atoms with Crippen molar-refractivity contribution in [3.63, 3.8) is 0 Å². The molecule has 0 saturated heterocycles. The van der Waals surface area contributed by atoms with Gasteiger partial charge in [0.2, 0.25) is 0 Å².